The first-order valence-corrected chi connectivity index (χ1v) is 6.44. The van der Waals surface area contributed by atoms with Crippen molar-refractivity contribution in [3.63, 3.8) is 0 Å². The molecule has 2 rings (SSSR count). The predicted octanol–water partition coefficient (Wildman–Crippen LogP) is -2.50. The van der Waals surface area contributed by atoms with E-state index < -0.39 is 0 Å². The van der Waals surface area contributed by atoms with E-state index in [4.69, 9.17) is 0 Å². The summed E-state index contributed by atoms with van der Waals surface area (Å²) in [5, 5.41) is 3.43. The van der Waals surface area contributed by atoms with E-state index in [0.717, 1.165) is 13.1 Å². The molecule has 0 bridgehead atoms. The number of hydrogen-bond acceptors (Lipinski definition) is 2. The first-order chi connectivity index (χ1) is 8.75. The van der Waals surface area contributed by atoms with Crippen molar-refractivity contribution in [1.82, 2.24) is 10.3 Å². The monoisotopic (exact) mass is 310 g/mol. The van der Waals surface area contributed by atoms with E-state index >= 15 is 0 Å². The Balaban J connectivity index is 0.00000180. The first kappa shape index (κ1) is 18.9. The van der Waals surface area contributed by atoms with E-state index in [1.807, 2.05) is 12.3 Å². The zero-order valence-electron chi connectivity index (χ0n) is 11.8. The number of hydrogen-bond donors (Lipinski definition) is 1. The maximum Gasteiger partial charge on any atom is 0.0312 e. The van der Waals surface area contributed by atoms with Crippen LogP contribution in [-0.4, -0.2) is 4.98 Å². The molecule has 0 aliphatic rings. The Hall–Kier alpha value is -1.09. The summed E-state index contributed by atoms with van der Waals surface area (Å²) in [5.41, 5.74) is 3.94. The van der Waals surface area contributed by atoms with Crippen molar-refractivity contribution in [3.8, 4) is 0 Å². The fourth-order valence-corrected chi connectivity index (χ4v) is 1.87. The fraction of sp³-hybridized carbons (Fsp3) is 0.312. The molecule has 0 amide bonds. The number of aromatic nitrogens is 1. The summed E-state index contributed by atoms with van der Waals surface area (Å²) in [7, 11) is 0. The van der Waals surface area contributed by atoms with Gasteiger partial charge in [-0.3, -0.25) is 4.98 Å². The molecule has 110 valence electrons. The lowest BCUT2D eigenvalue weighted by Gasteiger charge is -2.08. The molecule has 0 unspecified atom stereocenters. The topological polar surface area (TPSA) is 24.9 Å². The van der Waals surface area contributed by atoms with E-state index in [2.05, 4.69) is 54.5 Å². The van der Waals surface area contributed by atoms with Gasteiger partial charge in [0.2, 0.25) is 0 Å². The Morgan fingerprint density at radius 2 is 1.60 bits per heavy atom. The van der Waals surface area contributed by atoms with Crippen molar-refractivity contribution < 1.29 is 24.8 Å². The van der Waals surface area contributed by atoms with E-state index in [0.29, 0.717) is 5.92 Å². The van der Waals surface area contributed by atoms with E-state index in [9.17, 15) is 0 Å². The molecular formula is C16H20Cl2N2-2. The molecule has 4 heteroatoms. The molecule has 1 aromatic heterocycles. The lowest BCUT2D eigenvalue weighted by molar-refractivity contribution is -0.001000. The number of nitrogens with zero attached hydrogens (tertiary/aromatic N) is 1. The maximum absolute atomic E-state index is 4.10. The fourth-order valence-electron chi connectivity index (χ4n) is 1.87. The van der Waals surface area contributed by atoms with Crippen molar-refractivity contribution in [2.75, 3.05) is 0 Å². The smallest absolute Gasteiger partial charge is 0.0312 e. The van der Waals surface area contributed by atoms with Crippen molar-refractivity contribution in [3.05, 3.63) is 65.5 Å². The molecule has 1 aromatic carbocycles. The highest BCUT2D eigenvalue weighted by Crippen LogP contribution is 2.14. The van der Waals surface area contributed by atoms with Crippen LogP contribution < -0.4 is 30.1 Å². The van der Waals surface area contributed by atoms with Gasteiger partial charge in [0.05, 0.1) is 0 Å². The Kier molecular flexibility index (Phi) is 9.23. The standard InChI is InChI=1S/C16H20N2.2ClH/c1-13(2)16-7-5-14(6-8-16)10-18-12-15-4-3-9-17-11-15;;/h3-9,11,13,18H,10,12H2,1-2H3;2*1H/p-2. The molecule has 0 aliphatic heterocycles. The number of nitrogens with one attached hydrogen (secondary N) is 1. The van der Waals surface area contributed by atoms with Crippen molar-refractivity contribution >= 4 is 0 Å². The number of benzene rings is 1. The molecule has 1 heterocycles. The van der Waals surface area contributed by atoms with Crippen LogP contribution in [-0.2, 0) is 13.1 Å². The number of halogens is 2. The summed E-state index contributed by atoms with van der Waals surface area (Å²) in [4.78, 5) is 4.10. The van der Waals surface area contributed by atoms with Crippen LogP contribution in [0.25, 0.3) is 0 Å². The van der Waals surface area contributed by atoms with Gasteiger partial charge >= 0.3 is 0 Å². The second-order valence-electron chi connectivity index (χ2n) is 4.86. The lowest BCUT2D eigenvalue weighted by Crippen LogP contribution is -3.00. The molecular weight excluding hydrogens is 291 g/mol. The molecule has 2 nitrogen and oxygen atoms in total. The SMILES string of the molecule is CC(C)c1ccc(CNCc2cccnc2)cc1.[Cl-].[Cl-]. The van der Waals surface area contributed by atoms with Crippen molar-refractivity contribution in [2.45, 2.75) is 32.9 Å². The van der Waals surface area contributed by atoms with Crippen molar-refractivity contribution in [2.24, 2.45) is 0 Å². The van der Waals surface area contributed by atoms with Crippen LogP contribution in [0.4, 0.5) is 0 Å². The van der Waals surface area contributed by atoms with Gasteiger partial charge in [-0.1, -0.05) is 44.2 Å². The van der Waals surface area contributed by atoms with E-state index in [1.54, 1.807) is 6.20 Å². The van der Waals surface area contributed by atoms with Crippen LogP contribution in [0.2, 0.25) is 0 Å². The predicted molar refractivity (Wildman–Crippen MR) is 75.3 cm³/mol. The van der Waals surface area contributed by atoms with Crippen molar-refractivity contribution in [1.29, 1.82) is 0 Å². The Bertz CT molecular complexity index is 470. The third kappa shape index (κ3) is 5.91. The van der Waals surface area contributed by atoms with E-state index in [1.165, 1.54) is 16.7 Å². The summed E-state index contributed by atoms with van der Waals surface area (Å²) in [6.45, 7) is 6.19. The second-order valence-corrected chi connectivity index (χ2v) is 4.86. The Morgan fingerprint density at radius 3 is 2.15 bits per heavy atom. The third-order valence-corrected chi connectivity index (χ3v) is 3.03. The minimum atomic E-state index is 0. The summed E-state index contributed by atoms with van der Waals surface area (Å²) in [5.74, 6) is 0.599. The summed E-state index contributed by atoms with van der Waals surface area (Å²) < 4.78 is 0. The average molecular weight is 311 g/mol. The first-order valence-electron chi connectivity index (χ1n) is 6.44. The summed E-state index contributed by atoms with van der Waals surface area (Å²) in [6, 6.07) is 12.9. The molecule has 0 saturated carbocycles. The minimum absolute atomic E-state index is 0. The molecule has 20 heavy (non-hydrogen) atoms. The van der Waals surface area contributed by atoms with Crippen LogP contribution in [0.1, 0.15) is 36.5 Å². The molecule has 0 saturated heterocycles. The number of rotatable bonds is 5. The Labute approximate surface area is 133 Å². The molecule has 0 fully saturated rings. The van der Waals surface area contributed by atoms with Gasteiger partial charge in [-0.15, -0.1) is 0 Å². The zero-order chi connectivity index (χ0) is 12.8. The van der Waals surface area contributed by atoms with Gasteiger partial charge < -0.3 is 30.1 Å². The Morgan fingerprint density at radius 1 is 0.950 bits per heavy atom. The van der Waals surface area contributed by atoms with Gasteiger partial charge in [-0.25, -0.2) is 0 Å². The molecule has 0 atom stereocenters. The second kappa shape index (κ2) is 9.76. The van der Waals surface area contributed by atoms with Crippen LogP contribution >= 0.6 is 0 Å². The summed E-state index contributed by atoms with van der Waals surface area (Å²) >= 11 is 0. The highest BCUT2D eigenvalue weighted by Gasteiger charge is 1.99. The van der Waals surface area contributed by atoms with Gasteiger partial charge in [0, 0.05) is 25.5 Å². The highest BCUT2D eigenvalue weighted by atomic mass is 35.5. The third-order valence-electron chi connectivity index (χ3n) is 3.03. The summed E-state index contributed by atoms with van der Waals surface area (Å²) in [6.07, 6.45) is 3.70. The average Bonchev–Trinajstić information content (AvgIpc) is 2.40. The van der Waals surface area contributed by atoms with Gasteiger partial charge in [-0.2, -0.15) is 0 Å². The van der Waals surface area contributed by atoms with E-state index in [-0.39, 0.29) is 24.8 Å². The maximum atomic E-state index is 4.10. The zero-order valence-corrected chi connectivity index (χ0v) is 13.3. The molecule has 0 spiro atoms. The van der Waals surface area contributed by atoms with Gasteiger partial charge in [0.25, 0.3) is 0 Å². The molecule has 2 aromatic rings. The molecule has 0 radical (unpaired) electrons. The quantitative estimate of drug-likeness (QED) is 0.661. The van der Waals surface area contributed by atoms with Gasteiger partial charge in [0.15, 0.2) is 0 Å². The van der Waals surface area contributed by atoms with Crippen LogP contribution in [0.3, 0.4) is 0 Å². The van der Waals surface area contributed by atoms with Gasteiger partial charge in [-0.05, 0) is 28.7 Å². The van der Waals surface area contributed by atoms with Crippen LogP contribution in [0.5, 0.6) is 0 Å². The van der Waals surface area contributed by atoms with Gasteiger partial charge in [0.1, 0.15) is 0 Å². The molecule has 0 aliphatic carbocycles. The minimum Gasteiger partial charge on any atom is -1.00 e. The highest BCUT2D eigenvalue weighted by molar-refractivity contribution is 5.24. The normalized spacial score (nSPS) is 9.75. The largest absolute Gasteiger partial charge is 1.00 e. The van der Waals surface area contributed by atoms with Crippen LogP contribution in [0.15, 0.2) is 48.8 Å². The molecule has 1 N–H and O–H groups in total. The number of pyridine rings is 1. The van der Waals surface area contributed by atoms with Crippen LogP contribution in [0, 0.1) is 0 Å². The lowest BCUT2D eigenvalue weighted by atomic mass is 10.0.